The van der Waals surface area contributed by atoms with Crippen molar-refractivity contribution in [2.45, 2.75) is 19.8 Å². The first kappa shape index (κ1) is 11.1. The largest absolute Gasteiger partial charge is 0.285 e. The van der Waals surface area contributed by atoms with Gasteiger partial charge in [0.1, 0.15) is 5.82 Å². The maximum absolute atomic E-state index is 13.6. The van der Waals surface area contributed by atoms with Crippen LogP contribution in [0.1, 0.15) is 19.2 Å². The van der Waals surface area contributed by atoms with Crippen LogP contribution in [0.15, 0.2) is 24.7 Å². The van der Waals surface area contributed by atoms with E-state index < -0.39 is 5.82 Å². The zero-order valence-electron chi connectivity index (χ0n) is 8.82. The lowest BCUT2D eigenvalue weighted by molar-refractivity contribution is 0.605. The molecule has 0 aliphatic carbocycles. The Morgan fingerprint density at radius 1 is 1.44 bits per heavy atom. The van der Waals surface area contributed by atoms with E-state index in [4.69, 9.17) is 11.6 Å². The van der Waals surface area contributed by atoms with Crippen LogP contribution in [-0.2, 0) is 6.42 Å². The van der Waals surface area contributed by atoms with Gasteiger partial charge in [-0.3, -0.25) is 4.57 Å². The highest BCUT2D eigenvalue weighted by Gasteiger charge is 2.10. The fourth-order valence-corrected chi connectivity index (χ4v) is 1.66. The average molecular weight is 240 g/mol. The molecule has 2 heterocycles. The van der Waals surface area contributed by atoms with E-state index in [9.17, 15) is 4.39 Å². The van der Waals surface area contributed by atoms with Crippen LogP contribution in [0.3, 0.4) is 0 Å². The quantitative estimate of drug-likeness (QED) is 0.824. The molecule has 0 saturated carbocycles. The molecule has 84 valence electrons. The number of aryl methyl sites for hydroxylation is 1. The van der Waals surface area contributed by atoms with Crippen LogP contribution in [0, 0.1) is 5.82 Å². The van der Waals surface area contributed by atoms with Crippen LogP contribution in [0.25, 0.3) is 5.82 Å². The molecule has 0 spiro atoms. The average Bonchev–Trinajstić information content (AvgIpc) is 2.67. The molecule has 3 nitrogen and oxygen atoms in total. The Hall–Kier alpha value is -1.42. The minimum absolute atomic E-state index is 0.241. The zero-order valence-corrected chi connectivity index (χ0v) is 9.58. The van der Waals surface area contributed by atoms with Gasteiger partial charge in [0, 0.05) is 25.0 Å². The molecule has 0 atom stereocenters. The fraction of sp³-hybridized carbons (Fsp3) is 0.273. The van der Waals surface area contributed by atoms with Gasteiger partial charge in [0.2, 0.25) is 0 Å². The molecule has 0 saturated heterocycles. The Kier molecular flexibility index (Phi) is 3.19. The number of rotatable bonds is 3. The van der Waals surface area contributed by atoms with E-state index in [1.165, 1.54) is 12.3 Å². The minimum atomic E-state index is -0.442. The highest BCUT2D eigenvalue weighted by Crippen LogP contribution is 2.17. The topological polar surface area (TPSA) is 30.7 Å². The highest BCUT2D eigenvalue weighted by molar-refractivity contribution is 6.30. The Labute approximate surface area is 97.9 Å². The van der Waals surface area contributed by atoms with Crippen molar-refractivity contribution in [1.82, 2.24) is 14.5 Å². The van der Waals surface area contributed by atoms with Crippen molar-refractivity contribution in [1.29, 1.82) is 0 Å². The van der Waals surface area contributed by atoms with Gasteiger partial charge in [-0.05, 0) is 12.5 Å². The zero-order chi connectivity index (χ0) is 11.5. The normalized spacial score (nSPS) is 10.7. The molecule has 0 unspecified atom stereocenters. The Morgan fingerprint density at radius 2 is 2.25 bits per heavy atom. The van der Waals surface area contributed by atoms with Crippen molar-refractivity contribution in [3.63, 3.8) is 0 Å². The molecule has 16 heavy (non-hydrogen) atoms. The lowest BCUT2D eigenvalue weighted by Crippen LogP contribution is -2.04. The van der Waals surface area contributed by atoms with Gasteiger partial charge in [0.05, 0.1) is 5.02 Å². The molecule has 0 aliphatic rings. The van der Waals surface area contributed by atoms with Gasteiger partial charge in [-0.2, -0.15) is 0 Å². The number of aromatic nitrogens is 3. The van der Waals surface area contributed by atoms with Crippen molar-refractivity contribution >= 4 is 11.6 Å². The van der Waals surface area contributed by atoms with Crippen molar-refractivity contribution in [3.8, 4) is 5.82 Å². The molecule has 5 heteroatoms. The van der Waals surface area contributed by atoms with Crippen molar-refractivity contribution in [2.75, 3.05) is 0 Å². The summed E-state index contributed by atoms with van der Waals surface area (Å²) in [5.74, 6) is 0.601. The number of pyridine rings is 1. The monoisotopic (exact) mass is 239 g/mol. The summed E-state index contributed by atoms with van der Waals surface area (Å²) in [5, 5.41) is 0.290. The maximum atomic E-state index is 13.6. The molecule has 2 rings (SSSR count). The van der Waals surface area contributed by atoms with Crippen molar-refractivity contribution < 1.29 is 4.39 Å². The molecule has 0 N–H and O–H groups in total. The van der Waals surface area contributed by atoms with Crippen molar-refractivity contribution in [3.05, 3.63) is 41.3 Å². The first-order chi connectivity index (χ1) is 7.72. The van der Waals surface area contributed by atoms with Crippen LogP contribution < -0.4 is 0 Å². The summed E-state index contributed by atoms with van der Waals surface area (Å²) in [6.07, 6.45) is 6.50. The second-order valence-electron chi connectivity index (χ2n) is 3.42. The summed E-state index contributed by atoms with van der Waals surface area (Å²) >= 11 is 5.65. The number of hydrogen-bond acceptors (Lipinski definition) is 2. The summed E-state index contributed by atoms with van der Waals surface area (Å²) in [6.45, 7) is 2.05. The molecule has 0 radical (unpaired) electrons. The molecule has 0 amide bonds. The Balaban J connectivity index is 2.46. The molecule has 0 aliphatic heterocycles. The van der Waals surface area contributed by atoms with Crippen LogP contribution in [0.4, 0.5) is 4.39 Å². The van der Waals surface area contributed by atoms with Crippen LogP contribution in [0.5, 0.6) is 0 Å². The standard InChI is InChI=1S/C11H11ClFN3/c1-2-3-10-14-4-5-16(10)11-9(13)6-8(12)7-15-11/h4-7H,2-3H2,1H3. The number of nitrogens with zero attached hydrogens (tertiary/aromatic N) is 3. The predicted octanol–water partition coefficient (Wildman–Crippen LogP) is 3.01. The molecule has 2 aromatic heterocycles. The summed E-state index contributed by atoms with van der Waals surface area (Å²) in [4.78, 5) is 8.15. The van der Waals surface area contributed by atoms with Gasteiger partial charge >= 0.3 is 0 Å². The summed E-state index contributed by atoms with van der Waals surface area (Å²) < 4.78 is 15.3. The van der Waals surface area contributed by atoms with Gasteiger partial charge < -0.3 is 0 Å². The lowest BCUT2D eigenvalue weighted by atomic mass is 10.3. The third-order valence-electron chi connectivity index (χ3n) is 2.21. The van der Waals surface area contributed by atoms with Gasteiger partial charge in [0.15, 0.2) is 11.6 Å². The van der Waals surface area contributed by atoms with Gasteiger partial charge in [0.25, 0.3) is 0 Å². The van der Waals surface area contributed by atoms with E-state index in [0.29, 0.717) is 5.02 Å². The van der Waals surface area contributed by atoms with E-state index in [2.05, 4.69) is 9.97 Å². The molecule has 0 aromatic carbocycles. The molecular weight excluding hydrogens is 229 g/mol. The highest BCUT2D eigenvalue weighted by atomic mass is 35.5. The SMILES string of the molecule is CCCc1nccn1-c1ncc(Cl)cc1F. The van der Waals surface area contributed by atoms with Gasteiger partial charge in [-0.1, -0.05) is 18.5 Å². The molecule has 0 bridgehead atoms. The Bertz CT molecular complexity index is 496. The van der Waals surface area contributed by atoms with E-state index in [1.54, 1.807) is 17.0 Å². The van der Waals surface area contributed by atoms with E-state index >= 15 is 0 Å². The number of hydrogen-bond donors (Lipinski definition) is 0. The van der Waals surface area contributed by atoms with E-state index in [1.807, 2.05) is 6.92 Å². The first-order valence-corrected chi connectivity index (χ1v) is 5.43. The number of imidazole rings is 1. The van der Waals surface area contributed by atoms with Gasteiger partial charge in [-0.15, -0.1) is 0 Å². The third-order valence-corrected chi connectivity index (χ3v) is 2.41. The maximum Gasteiger partial charge on any atom is 0.174 e. The fourth-order valence-electron chi connectivity index (χ4n) is 1.52. The number of halogens is 2. The molecule has 0 fully saturated rings. The van der Waals surface area contributed by atoms with Crippen LogP contribution in [0.2, 0.25) is 5.02 Å². The molecular formula is C11H11ClFN3. The first-order valence-electron chi connectivity index (χ1n) is 5.06. The third kappa shape index (κ3) is 2.07. The summed E-state index contributed by atoms with van der Waals surface area (Å²) in [6, 6.07) is 1.25. The second kappa shape index (κ2) is 4.61. The minimum Gasteiger partial charge on any atom is -0.285 e. The van der Waals surface area contributed by atoms with Crippen LogP contribution >= 0.6 is 11.6 Å². The molecule has 2 aromatic rings. The predicted molar refractivity (Wildman–Crippen MR) is 60.3 cm³/mol. The van der Waals surface area contributed by atoms with E-state index in [0.717, 1.165) is 18.7 Å². The lowest BCUT2D eigenvalue weighted by Gasteiger charge is -2.07. The van der Waals surface area contributed by atoms with Gasteiger partial charge in [-0.25, -0.2) is 14.4 Å². The Morgan fingerprint density at radius 3 is 2.94 bits per heavy atom. The second-order valence-corrected chi connectivity index (χ2v) is 3.86. The van der Waals surface area contributed by atoms with Crippen molar-refractivity contribution in [2.24, 2.45) is 0 Å². The van der Waals surface area contributed by atoms with Crippen LogP contribution in [-0.4, -0.2) is 14.5 Å². The van der Waals surface area contributed by atoms with E-state index in [-0.39, 0.29) is 5.82 Å². The summed E-state index contributed by atoms with van der Waals surface area (Å²) in [5.41, 5.74) is 0. The summed E-state index contributed by atoms with van der Waals surface area (Å²) in [7, 11) is 0. The smallest absolute Gasteiger partial charge is 0.174 e.